The Morgan fingerprint density at radius 3 is 3.08 bits per heavy atom. The average molecular weight is 185 g/mol. The molecule has 1 nitrogen and oxygen atoms in total. The zero-order valence-electron chi connectivity index (χ0n) is 7.88. The van der Waals surface area contributed by atoms with Crippen molar-refractivity contribution in [1.82, 2.24) is 5.32 Å². The van der Waals surface area contributed by atoms with E-state index in [-0.39, 0.29) is 0 Å². The van der Waals surface area contributed by atoms with Gasteiger partial charge in [0.05, 0.1) is 0 Å². The molecular weight excluding hydrogens is 166 g/mol. The second-order valence-electron chi connectivity index (χ2n) is 3.28. The third-order valence-electron chi connectivity index (χ3n) is 2.23. The maximum absolute atomic E-state index is 3.59. The highest BCUT2D eigenvalue weighted by atomic mass is 32.2. The van der Waals surface area contributed by atoms with Gasteiger partial charge in [-0.1, -0.05) is 12.2 Å². The molecule has 1 aliphatic carbocycles. The van der Waals surface area contributed by atoms with Crippen LogP contribution < -0.4 is 5.32 Å². The van der Waals surface area contributed by atoms with Gasteiger partial charge in [-0.3, -0.25) is 0 Å². The first kappa shape index (κ1) is 10.1. The van der Waals surface area contributed by atoms with Gasteiger partial charge < -0.3 is 5.32 Å². The van der Waals surface area contributed by atoms with Crippen molar-refractivity contribution in [2.75, 3.05) is 18.6 Å². The first-order chi connectivity index (χ1) is 5.93. The molecule has 0 aromatic rings. The Morgan fingerprint density at radius 1 is 1.50 bits per heavy atom. The molecule has 1 aliphatic rings. The van der Waals surface area contributed by atoms with Crippen LogP contribution in [-0.4, -0.2) is 24.6 Å². The van der Waals surface area contributed by atoms with Crippen LogP contribution in [0.1, 0.15) is 25.7 Å². The summed E-state index contributed by atoms with van der Waals surface area (Å²) in [7, 11) is 0. The van der Waals surface area contributed by atoms with Crippen molar-refractivity contribution in [3.63, 3.8) is 0 Å². The fourth-order valence-corrected chi connectivity index (χ4v) is 1.93. The van der Waals surface area contributed by atoms with Gasteiger partial charge >= 0.3 is 0 Å². The Labute approximate surface area is 80.0 Å². The Bertz CT molecular complexity index is 134. The standard InChI is InChI=1S/C10H19NS/c1-12-9-5-8-11-10-6-3-2-4-7-10/h2-3,10-11H,4-9H2,1H3. The average Bonchev–Trinajstić information content (AvgIpc) is 2.14. The highest BCUT2D eigenvalue weighted by Crippen LogP contribution is 2.10. The first-order valence-corrected chi connectivity index (χ1v) is 6.20. The van der Waals surface area contributed by atoms with E-state index in [0.717, 1.165) is 6.04 Å². The summed E-state index contributed by atoms with van der Waals surface area (Å²) in [5, 5.41) is 3.59. The zero-order chi connectivity index (χ0) is 8.65. The van der Waals surface area contributed by atoms with E-state index in [1.165, 1.54) is 38.0 Å². The van der Waals surface area contributed by atoms with Crippen molar-refractivity contribution in [2.24, 2.45) is 0 Å². The van der Waals surface area contributed by atoms with Crippen molar-refractivity contribution >= 4 is 11.8 Å². The fraction of sp³-hybridized carbons (Fsp3) is 0.800. The molecule has 0 fully saturated rings. The number of allylic oxidation sites excluding steroid dienone is 1. The number of rotatable bonds is 5. The quantitative estimate of drug-likeness (QED) is 0.521. The summed E-state index contributed by atoms with van der Waals surface area (Å²) in [6.07, 6.45) is 11.9. The van der Waals surface area contributed by atoms with Crippen LogP contribution in [0.15, 0.2) is 12.2 Å². The summed E-state index contributed by atoms with van der Waals surface area (Å²) in [6, 6.07) is 0.761. The summed E-state index contributed by atoms with van der Waals surface area (Å²) < 4.78 is 0. The molecule has 1 unspecified atom stereocenters. The van der Waals surface area contributed by atoms with E-state index < -0.39 is 0 Å². The van der Waals surface area contributed by atoms with Crippen LogP contribution in [0.4, 0.5) is 0 Å². The number of thioether (sulfide) groups is 1. The van der Waals surface area contributed by atoms with Gasteiger partial charge in [0, 0.05) is 6.04 Å². The summed E-state index contributed by atoms with van der Waals surface area (Å²) in [6.45, 7) is 1.19. The van der Waals surface area contributed by atoms with Crippen LogP contribution in [0.2, 0.25) is 0 Å². The minimum atomic E-state index is 0.761. The molecule has 1 atom stereocenters. The van der Waals surface area contributed by atoms with Gasteiger partial charge in [-0.15, -0.1) is 0 Å². The predicted molar refractivity (Wildman–Crippen MR) is 57.8 cm³/mol. The minimum Gasteiger partial charge on any atom is -0.314 e. The molecule has 0 saturated carbocycles. The van der Waals surface area contributed by atoms with E-state index in [4.69, 9.17) is 0 Å². The van der Waals surface area contributed by atoms with Gasteiger partial charge in [-0.2, -0.15) is 11.8 Å². The SMILES string of the molecule is CSCCCNC1CC=CCC1. The van der Waals surface area contributed by atoms with E-state index in [9.17, 15) is 0 Å². The maximum atomic E-state index is 3.59. The molecule has 0 bridgehead atoms. The summed E-state index contributed by atoms with van der Waals surface area (Å²) in [4.78, 5) is 0. The van der Waals surface area contributed by atoms with Crippen LogP contribution in [0.3, 0.4) is 0 Å². The third kappa shape index (κ3) is 4.17. The predicted octanol–water partition coefficient (Wildman–Crippen LogP) is 2.44. The largest absolute Gasteiger partial charge is 0.314 e. The van der Waals surface area contributed by atoms with Crippen LogP contribution >= 0.6 is 11.8 Å². The minimum absolute atomic E-state index is 0.761. The highest BCUT2D eigenvalue weighted by molar-refractivity contribution is 7.98. The van der Waals surface area contributed by atoms with E-state index >= 15 is 0 Å². The number of hydrogen-bond acceptors (Lipinski definition) is 2. The molecule has 70 valence electrons. The monoisotopic (exact) mass is 185 g/mol. The smallest absolute Gasteiger partial charge is 0.0104 e. The lowest BCUT2D eigenvalue weighted by Crippen LogP contribution is -2.30. The normalized spacial score (nSPS) is 22.9. The van der Waals surface area contributed by atoms with Crippen molar-refractivity contribution < 1.29 is 0 Å². The molecule has 12 heavy (non-hydrogen) atoms. The summed E-state index contributed by atoms with van der Waals surface area (Å²) in [5.74, 6) is 1.29. The Morgan fingerprint density at radius 2 is 2.42 bits per heavy atom. The molecule has 2 heteroatoms. The van der Waals surface area contributed by atoms with E-state index in [1.807, 2.05) is 11.8 Å². The van der Waals surface area contributed by atoms with Crippen molar-refractivity contribution in [2.45, 2.75) is 31.7 Å². The molecule has 0 saturated heterocycles. The Hall–Kier alpha value is 0.0500. The van der Waals surface area contributed by atoms with Crippen LogP contribution in [0, 0.1) is 0 Å². The van der Waals surface area contributed by atoms with Crippen molar-refractivity contribution in [3.05, 3.63) is 12.2 Å². The van der Waals surface area contributed by atoms with E-state index in [2.05, 4.69) is 23.7 Å². The highest BCUT2D eigenvalue weighted by Gasteiger charge is 2.07. The van der Waals surface area contributed by atoms with Crippen molar-refractivity contribution in [1.29, 1.82) is 0 Å². The van der Waals surface area contributed by atoms with E-state index in [1.54, 1.807) is 0 Å². The Balaban J connectivity index is 1.95. The van der Waals surface area contributed by atoms with E-state index in [0.29, 0.717) is 0 Å². The molecule has 0 radical (unpaired) electrons. The Kier molecular flexibility index (Phi) is 5.53. The van der Waals surface area contributed by atoms with Gasteiger partial charge in [0.15, 0.2) is 0 Å². The van der Waals surface area contributed by atoms with Gasteiger partial charge in [-0.25, -0.2) is 0 Å². The van der Waals surface area contributed by atoms with Gasteiger partial charge in [0.25, 0.3) is 0 Å². The molecule has 0 amide bonds. The summed E-state index contributed by atoms with van der Waals surface area (Å²) in [5.41, 5.74) is 0. The fourth-order valence-electron chi connectivity index (χ4n) is 1.50. The lowest BCUT2D eigenvalue weighted by Gasteiger charge is -2.18. The van der Waals surface area contributed by atoms with Crippen LogP contribution in [0.25, 0.3) is 0 Å². The molecule has 0 aliphatic heterocycles. The topological polar surface area (TPSA) is 12.0 Å². The lowest BCUT2D eigenvalue weighted by molar-refractivity contribution is 0.476. The van der Waals surface area contributed by atoms with Gasteiger partial charge in [0.1, 0.15) is 0 Å². The molecule has 0 aromatic heterocycles. The maximum Gasteiger partial charge on any atom is 0.0104 e. The second-order valence-corrected chi connectivity index (χ2v) is 4.27. The number of nitrogens with one attached hydrogen (secondary N) is 1. The third-order valence-corrected chi connectivity index (χ3v) is 2.92. The zero-order valence-corrected chi connectivity index (χ0v) is 8.70. The first-order valence-electron chi connectivity index (χ1n) is 4.81. The second kappa shape index (κ2) is 6.55. The molecule has 0 aromatic carbocycles. The number of hydrogen-bond donors (Lipinski definition) is 1. The van der Waals surface area contributed by atoms with Crippen LogP contribution in [-0.2, 0) is 0 Å². The summed E-state index contributed by atoms with van der Waals surface area (Å²) >= 11 is 1.93. The molecule has 0 spiro atoms. The molecule has 1 rings (SSSR count). The molecule has 0 heterocycles. The van der Waals surface area contributed by atoms with Gasteiger partial charge in [-0.05, 0) is 44.2 Å². The van der Waals surface area contributed by atoms with Crippen LogP contribution in [0.5, 0.6) is 0 Å². The van der Waals surface area contributed by atoms with Crippen molar-refractivity contribution in [3.8, 4) is 0 Å². The molecular formula is C10H19NS. The molecule has 1 N–H and O–H groups in total. The van der Waals surface area contributed by atoms with Gasteiger partial charge in [0.2, 0.25) is 0 Å². The lowest BCUT2D eigenvalue weighted by atomic mass is 10.0.